The maximum Gasteiger partial charge on any atom is 0.335 e. The Bertz CT molecular complexity index is 1300. The maximum atomic E-state index is 15.8. The lowest BCUT2D eigenvalue weighted by molar-refractivity contribution is 0.0649. The Morgan fingerprint density at radius 1 is 1.19 bits per heavy atom. The molecule has 0 spiro atoms. The molecule has 7 heteroatoms. The molecule has 2 aliphatic rings. The van der Waals surface area contributed by atoms with E-state index < -0.39 is 5.67 Å². The van der Waals surface area contributed by atoms with Gasteiger partial charge in [0.1, 0.15) is 5.67 Å². The molecule has 1 heterocycles. The van der Waals surface area contributed by atoms with Crippen LogP contribution in [0.1, 0.15) is 90.4 Å². The zero-order chi connectivity index (χ0) is 25.3. The van der Waals surface area contributed by atoms with Crippen LogP contribution in [0.4, 0.5) is 4.39 Å². The first-order valence-electron chi connectivity index (χ1n) is 12.9. The summed E-state index contributed by atoms with van der Waals surface area (Å²) in [4.78, 5) is 18.2. The molecule has 6 nitrogen and oxygen atoms in total. The summed E-state index contributed by atoms with van der Waals surface area (Å²) in [6.07, 6.45) is 5.03. The van der Waals surface area contributed by atoms with Gasteiger partial charge in [0.2, 0.25) is 0 Å². The van der Waals surface area contributed by atoms with Crippen LogP contribution >= 0.6 is 0 Å². The molecule has 2 fully saturated rings. The van der Waals surface area contributed by atoms with Gasteiger partial charge in [-0.1, -0.05) is 24.6 Å². The first-order chi connectivity index (χ1) is 17.4. The Labute approximate surface area is 210 Å². The van der Waals surface area contributed by atoms with Crippen molar-refractivity contribution in [1.82, 2.24) is 15.2 Å². The lowest BCUT2D eigenvalue weighted by Crippen LogP contribution is -2.31. The number of hydrogen-bond acceptors (Lipinski definition) is 5. The summed E-state index contributed by atoms with van der Waals surface area (Å²) >= 11 is 0. The fraction of sp³-hybridized carbons (Fsp3) is 0.448. The number of alkyl halides is 1. The first kappa shape index (κ1) is 24.2. The van der Waals surface area contributed by atoms with Crippen molar-refractivity contribution in [2.45, 2.75) is 70.4 Å². The third-order valence-electron chi connectivity index (χ3n) is 7.88. The number of ether oxygens (including phenoxy) is 1. The highest BCUT2D eigenvalue weighted by atomic mass is 19.1. The molecule has 5 rings (SSSR count). The summed E-state index contributed by atoms with van der Waals surface area (Å²) in [5, 5.41) is 16.2. The Morgan fingerprint density at radius 2 is 1.92 bits per heavy atom. The second-order valence-corrected chi connectivity index (χ2v) is 10.1. The van der Waals surface area contributed by atoms with Gasteiger partial charge in [-0.2, -0.15) is 10.2 Å². The van der Waals surface area contributed by atoms with Gasteiger partial charge >= 0.3 is 6.01 Å². The molecule has 3 aromatic rings. The van der Waals surface area contributed by atoms with Gasteiger partial charge in [0.05, 0.1) is 18.2 Å². The molecule has 0 bridgehead atoms. The van der Waals surface area contributed by atoms with E-state index in [1.807, 2.05) is 19.9 Å². The van der Waals surface area contributed by atoms with Crippen molar-refractivity contribution in [1.29, 1.82) is 5.26 Å². The molecule has 0 unspecified atom stereocenters. The molecule has 0 aliphatic heterocycles. The third-order valence-corrected chi connectivity index (χ3v) is 7.88. The number of carbonyl (C=O) groups excluding carboxylic acids is 1. The van der Waals surface area contributed by atoms with Crippen LogP contribution in [0.15, 0.2) is 36.4 Å². The van der Waals surface area contributed by atoms with Crippen LogP contribution in [0.3, 0.4) is 0 Å². The molecule has 1 N–H and O–H groups in total. The lowest BCUT2D eigenvalue weighted by atomic mass is 9.73. The van der Waals surface area contributed by atoms with Gasteiger partial charge in [-0.05, 0) is 93.2 Å². The van der Waals surface area contributed by atoms with E-state index in [0.29, 0.717) is 66.7 Å². The average molecular weight is 487 g/mol. The normalized spacial score (nSPS) is 22.0. The SMILES string of the molecule is CCOc1n[nH]c(-c2cc(C(=O)C3CCC(F)(c4ccc(C#N)cc4)CC3)c(C)cc2C2CCC2)n1. The number of rotatable bonds is 7. The standard InChI is InChI=1S/C29H31FN4O2/c1-3-36-28-32-27(33-34-28)25-16-23(18(2)15-24(25)20-5-4-6-20)26(35)21-11-13-29(30,14-12-21)22-9-7-19(17-31)8-10-22/h7-10,15-16,20-21H,3-6,11-14H2,1-2H3,(H,32,33,34). The van der Waals surface area contributed by atoms with E-state index in [4.69, 9.17) is 10.00 Å². The number of nitrogens with zero attached hydrogens (tertiary/aromatic N) is 3. The highest BCUT2D eigenvalue weighted by Crippen LogP contribution is 2.45. The average Bonchev–Trinajstić information content (AvgIpc) is 3.32. The predicted molar refractivity (Wildman–Crippen MR) is 135 cm³/mol. The maximum absolute atomic E-state index is 15.8. The van der Waals surface area contributed by atoms with E-state index in [0.717, 1.165) is 24.0 Å². The number of halogens is 1. The summed E-state index contributed by atoms with van der Waals surface area (Å²) in [6, 6.07) is 13.2. The molecular weight excluding hydrogens is 455 g/mol. The zero-order valence-electron chi connectivity index (χ0n) is 20.8. The van der Waals surface area contributed by atoms with Crippen LogP contribution in [-0.4, -0.2) is 27.6 Å². The molecule has 0 saturated heterocycles. The molecule has 186 valence electrons. The minimum absolute atomic E-state index is 0.0698. The van der Waals surface area contributed by atoms with Crippen LogP contribution in [0.5, 0.6) is 6.01 Å². The number of H-pyrrole nitrogens is 1. The minimum Gasteiger partial charge on any atom is -0.463 e. The molecule has 2 aliphatic carbocycles. The van der Waals surface area contributed by atoms with Crippen LogP contribution in [0, 0.1) is 24.2 Å². The summed E-state index contributed by atoms with van der Waals surface area (Å²) in [5.41, 5.74) is 3.38. The van der Waals surface area contributed by atoms with E-state index in [-0.39, 0.29) is 11.7 Å². The van der Waals surface area contributed by atoms with Gasteiger partial charge in [-0.3, -0.25) is 9.89 Å². The summed E-state index contributed by atoms with van der Waals surface area (Å²) in [6.45, 7) is 4.35. The van der Waals surface area contributed by atoms with Crippen LogP contribution in [0.2, 0.25) is 0 Å². The van der Waals surface area contributed by atoms with Gasteiger partial charge in [0, 0.05) is 17.0 Å². The number of nitrogens with one attached hydrogen (secondary N) is 1. The molecule has 2 aromatic carbocycles. The van der Waals surface area contributed by atoms with Gasteiger partial charge in [0.25, 0.3) is 0 Å². The highest BCUT2D eigenvalue weighted by molar-refractivity contribution is 6.00. The van der Waals surface area contributed by atoms with E-state index in [9.17, 15) is 4.79 Å². The number of benzene rings is 2. The largest absolute Gasteiger partial charge is 0.463 e. The van der Waals surface area contributed by atoms with Crippen LogP contribution in [-0.2, 0) is 5.67 Å². The lowest BCUT2D eigenvalue weighted by Gasteiger charge is -2.34. The van der Waals surface area contributed by atoms with Crippen LogP contribution in [0.25, 0.3) is 11.4 Å². The van der Waals surface area contributed by atoms with Gasteiger partial charge in [0.15, 0.2) is 11.6 Å². The van der Waals surface area contributed by atoms with Crippen molar-refractivity contribution in [2.24, 2.45) is 5.92 Å². The Kier molecular flexibility index (Phi) is 6.61. The quantitative estimate of drug-likeness (QED) is 0.382. The third kappa shape index (κ3) is 4.53. The molecule has 0 radical (unpaired) electrons. The van der Waals surface area contributed by atoms with Crippen molar-refractivity contribution in [3.63, 3.8) is 0 Å². The van der Waals surface area contributed by atoms with Crippen molar-refractivity contribution < 1.29 is 13.9 Å². The number of aryl methyl sites for hydroxylation is 1. The molecule has 0 amide bonds. The van der Waals surface area contributed by atoms with E-state index in [1.165, 1.54) is 12.0 Å². The van der Waals surface area contributed by atoms with Crippen molar-refractivity contribution >= 4 is 5.78 Å². The van der Waals surface area contributed by atoms with E-state index in [1.54, 1.807) is 24.3 Å². The summed E-state index contributed by atoms with van der Waals surface area (Å²) in [5.74, 6) is 0.918. The Hall–Kier alpha value is -3.53. The minimum atomic E-state index is -1.46. The summed E-state index contributed by atoms with van der Waals surface area (Å²) in [7, 11) is 0. The molecule has 0 atom stereocenters. The number of hydrogen-bond donors (Lipinski definition) is 1. The van der Waals surface area contributed by atoms with Gasteiger partial charge in [-0.25, -0.2) is 4.39 Å². The second kappa shape index (κ2) is 9.85. The number of Topliss-reactive ketones (excluding diaryl/α,β-unsaturated/α-hetero) is 1. The number of aromatic nitrogens is 3. The Morgan fingerprint density at radius 3 is 2.53 bits per heavy atom. The van der Waals surface area contributed by atoms with E-state index in [2.05, 4.69) is 27.3 Å². The fourth-order valence-corrected chi connectivity index (χ4v) is 5.51. The summed E-state index contributed by atoms with van der Waals surface area (Å²) < 4.78 is 21.2. The predicted octanol–water partition coefficient (Wildman–Crippen LogP) is 6.56. The zero-order valence-corrected chi connectivity index (χ0v) is 20.8. The van der Waals surface area contributed by atoms with Crippen molar-refractivity contribution in [3.8, 4) is 23.5 Å². The van der Waals surface area contributed by atoms with Crippen molar-refractivity contribution in [3.05, 3.63) is 64.2 Å². The fourth-order valence-electron chi connectivity index (χ4n) is 5.51. The topological polar surface area (TPSA) is 91.7 Å². The number of aromatic amines is 1. The Balaban J connectivity index is 1.39. The van der Waals surface area contributed by atoms with Crippen LogP contribution < -0.4 is 4.74 Å². The molecule has 2 saturated carbocycles. The highest BCUT2D eigenvalue weighted by Gasteiger charge is 2.39. The van der Waals surface area contributed by atoms with Gasteiger partial charge < -0.3 is 4.74 Å². The molecule has 36 heavy (non-hydrogen) atoms. The first-order valence-corrected chi connectivity index (χ1v) is 12.9. The number of nitriles is 1. The molecule has 1 aromatic heterocycles. The van der Waals surface area contributed by atoms with Gasteiger partial charge in [-0.15, -0.1) is 5.10 Å². The number of ketones is 1. The monoisotopic (exact) mass is 486 g/mol. The van der Waals surface area contributed by atoms with E-state index >= 15 is 4.39 Å². The smallest absolute Gasteiger partial charge is 0.335 e. The number of carbonyl (C=O) groups is 1. The van der Waals surface area contributed by atoms with Crippen molar-refractivity contribution in [2.75, 3.05) is 6.61 Å². The second-order valence-electron chi connectivity index (χ2n) is 10.1. The molecular formula is C29H31FN4O2.